The van der Waals surface area contributed by atoms with E-state index in [-0.39, 0.29) is 0 Å². The highest BCUT2D eigenvalue weighted by Crippen LogP contribution is 2.04. The molecule has 0 saturated carbocycles. The predicted octanol–water partition coefficient (Wildman–Crippen LogP) is 4.69. The molecule has 0 aliphatic heterocycles. The summed E-state index contributed by atoms with van der Waals surface area (Å²) in [7, 11) is 0. The van der Waals surface area contributed by atoms with Crippen LogP contribution >= 0.6 is 0 Å². The first-order valence-electron chi connectivity index (χ1n) is 8.61. The van der Waals surface area contributed by atoms with E-state index in [0.717, 1.165) is 23.0 Å². The first-order valence-corrected chi connectivity index (χ1v) is 8.61. The zero-order valence-electron chi connectivity index (χ0n) is 15.2. The summed E-state index contributed by atoms with van der Waals surface area (Å²) < 4.78 is 0. The van der Waals surface area contributed by atoms with Gasteiger partial charge < -0.3 is 0 Å². The van der Waals surface area contributed by atoms with Crippen LogP contribution in [-0.2, 0) is 4.79 Å². The van der Waals surface area contributed by atoms with Crippen LogP contribution in [0.15, 0.2) is 97.1 Å². The number of benzene rings is 3. The summed E-state index contributed by atoms with van der Waals surface area (Å²) in [6.45, 7) is 0. The maximum atomic E-state index is 10.8. The second-order valence-electron chi connectivity index (χ2n) is 5.45. The van der Waals surface area contributed by atoms with Gasteiger partial charge in [-0.2, -0.15) is 0 Å². The van der Waals surface area contributed by atoms with Crippen molar-refractivity contribution in [2.75, 3.05) is 0 Å². The fraction of sp³-hybridized carbons (Fsp3) is 0. The van der Waals surface area contributed by atoms with Gasteiger partial charge in [0.15, 0.2) is 6.29 Å². The Morgan fingerprint density at radius 3 is 1.79 bits per heavy atom. The number of rotatable bonds is 2. The quantitative estimate of drug-likeness (QED) is 0.376. The molecule has 0 aliphatic carbocycles. The van der Waals surface area contributed by atoms with Crippen molar-refractivity contribution in [3.8, 4) is 23.7 Å². The lowest BCUT2D eigenvalue weighted by molar-refractivity contribution is -0.104. The first-order chi connectivity index (χ1) is 13.8. The largest absolute Gasteiger partial charge is 0.299 e. The standard InChI is InChI=1S/C15H10O.C11H8O/c16-12-15-9-5-4-8-14(15)11-10-13-6-2-1-3-7-13;12-10-6-2-5-9-11-7-3-1-4-8-11/h1-9,12H;1-4,6-8,10H/b;6-2-. The average molecular weight is 362 g/mol. The van der Waals surface area contributed by atoms with E-state index in [1.54, 1.807) is 6.07 Å². The van der Waals surface area contributed by atoms with Crippen LogP contribution in [0.25, 0.3) is 0 Å². The zero-order chi connectivity index (χ0) is 19.9. The van der Waals surface area contributed by atoms with Crippen molar-refractivity contribution >= 4 is 12.6 Å². The lowest BCUT2D eigenvalue weighted by Gasteiger charge is -1.94. The van der Waals surface area contributed by atoms with E-state index < -0.39 is 0 Å². The van der Waals surface area contributed by atoms with E-state index >= 15 is 0 Å². The number of aldehydes is 2. The molecule has 3 rings (SSSR count). The predicted molar refractivity (Wildman–Crippen MR) is 113 cm³/mol. The van der Waals surface area contributed by atoms with E-state index in [1.807, 2.05) is 78.9 Å². The molecular weight excluding hydrogens is 344 g/mol. The molecule has 0 saturated heterocycles. The molecule has 2 heteroatoms. The second-order valence-corrected chi connectivity index (χ2v) is 5.45. The first kappa shape index (κ1) is 20.2. The molecule has 0 heterocycles. The van der Waals surface area contributed by atoms with Gasteiger partial charge in [-0.25, -0.2) is 0 Å². The molecular formula is C26H18O2. The van der Waals surface area contributed by atoms with E-state index in [4.69, 9.17) is 0 Å². The van der Waals surface area contributed by atoms with Crippen molar-refractivity contribution in [3.05, 3.63) is 119 Å². The third-order valence-electron chi connectivity index (χ3n) is 3.45. The Bertz CT molecular complexity index is 1040. The monoisotopic (exact) mass is 362 g/mol. The molecule has 28 heavy (non-hydrogen) atoms. The molecule has 0 atom stereocenters. The van der Waals surface area contributed by atoms with Crippen LogP contribution in [0, 0.1) is 23.7 Å². The van der Waals surface area contributed by atoms with E-state index in [1.165, 1.54) is 12.2 Å². The fourth-order valence-electron chi connectivity index (χ4n) is 2.11. The summed E-state index contributed by atoms with van der Waals surface area (Å²) in [5, 5.41) is 0. The van der Waals surface area contributed by atoms with Crippen molar-refractivity contribution in [2.24, 2.45) is 0 Å². The summed E-state index contributed by atoms with van der Waals surface area (Å²) in [5.74, 6) is 11.7. The molecule has 3 aromatic rings. The van der Waals surface area contributed by atoms with Gasteiger partial charge in [0.25, 0.3) is 0 Å². The maximum absolute atomic E-state index is 10.8. The van der Waals surface area contributed by atoms with Crippen LogP contribution in [0.4, 0.5) is 0 Å². The fourth-order valence-corrected chi connectivity index (χ4v) is 2.11. The molecule has 0 fully saturated rings. The Hall–Kier alpha value is -4.14. The molecule has 3 aromatic carbocycles. The van der Waals surface area contributed by atoms with E-state index in [9.17, 15) is 9.59 Å². The molecule has 134 valence electrons. The Morgan fingerprint density at radius 2 is 1.18 bits per heavy atom. The number of carbonyl (C=O) groups is 2. The van der Waals surface area contributed by atoms with E-state index in [2.05, 4.69) is 23.7 Å². The topological polar surface area (TPSA) is 34.1 Å². The molecule has 0 radical (unpaired) electrons. The van der Waals surface area contributed by atoms with Crippen LogP contribution in [-0.4, -0.2) is 12.6 Å². The molecule has 0 unspecified atom stereocenters. The summed E-state index contributed by atoms with van der Waals surface area (Å²) in [6, 6.07) is 26.7. The van der Waals surface area contributed by atoms with Crippen LogP contribution in [0.1, 0.15) is 27.0 Å². The Kier molecular flexibility index (Phi) is 8.83. The molecule has 0 N–H and O–H groups in total. The van der Waals surface area contributed by atoms with Gasteiger partial charge >= 0.3 is 0 Å². The number of hydrogen-bond donors (Lipinski definition) is 0. The van der Waals surface area contributed by atoms with E-state index in [0.29, 0.717) is 11.8 Å². The molecule has 0 bridgehead atoms. The minimum Gasteiger partial charge on any atom is -0.299 e. The molecule has 0 amide bonds. The Morgan fingerprint density at radius 1 is 0.607 bits per heavy atom. The molecule has 0 aromatic heterocycles. The van der Waals surface area contributed by atoms with Crippen molar-refractivity contribution in [2.45, 2.75) is 0 Å². The number of allylic oxidation sites excluding steroid dienone is 2. The highest BCUT2D eigenvalue weighted by molar-refractivity contribution is 5.79. The summed E-state index contributed by atoms with van der Waals surface area (Å²) in [5.41, 5.74) is 3.29. The van der Waals surface area contributed by atoms with Crippen LogP contribution < -0.4 is 0 Å². The second kappa shape index (κ2) is 12.3. The summed E-state index contributed by atoms with van der Waals surface area (Å²) in [6.07, 6.45) is 4.44. The highest BCUT2D eigenvalue weighted by atomic mass is 16.1. The van der Waals surface area contributed by atoms with Crippen LogP contribution in [0.5, 0.6) is 0 Å². The molecule has 0 aliphatic rings. The van der Waals surface area contributed by atoms with Gasteiger partial charge in [0.1, 0.15) is 6.29 Å². The lowest BCUT2D eigenvalue weighted by Crippen LogP contribution is -1.85. The van der Waals surface area contributed by atoms with Gasteiger partial charge in [0.2, 0.25) is 0 Å². The Balaban J connectivity index is 0.000000209. The molecule has 2 nitrogen and oxygen atoms in total. The third-order valence-corrected chi connectivity index (χ3v) is 3.45. The lowest BCUT2D eigenvalue weighted by atomic mass is 10.1. The molecule has 0 spiro atoms. The van der Waals surface area contributed by atoms with Gasteiger partial charge in [-0.1, -0.05) is 78.3 Å². The van der Waals surface area contributed by atoms with Gasteiger partial charge in [-0.15, -0.1) is 0 Å². The SMILES string of the molecule is O=C/C=C\C#Cc1ccccc1.O=Cc1ccccc1C#Cc1ccccc1. The highest BCUT2D eigenvalue weighted by Gasteiger charge is 1.95. The van der Waals surface area contributed by atoms with Crippen molar-refractivity contribution in [3.63, 3.8) is 0 Å². The van der Waals surface area contributed by atoms with Crippen LogP contribution in [0.2, 0.25) is 0 Å². The smallest absolute Gasteiger partial charge is 0.151 e. The zero-order valence-corrected chi connectivity index (χ0v) is 15.2. The minimum atomic E-state index is 0.630. The maximum Gasteiger partial charge on any atom is 0.151 e. The average Bonchev–Trinajstić information content (AvgIpc) is 2.77. The van der Waals surface area contributed by atoms with Crippen LogP contribution in [0.3, 0.4) is 0 Å². The van der Waals surface area contributed by atoms with Crippen molar-refractivity contribution < 1.29 is 9.59 Å². The minimum absolute atomic E-state index is 0.630. The van der Waals surface area contributed by atoms with Gasteiger partial charge in [0, 0.05) is 22.3 Å². The van der Waals surface area contributed by atoms with Gasteiger partial charge in [0.05, 0.1) is 0 Å². The normalized spacial score (nSPS) is 9.00. The summed E-state index contributed by atoms with van der Waals surface area (Å²) in [4.78, 5) is 20.6. The number of hydrogen-bond acceptors (Lipinski definition) is 2. The van der Waals surface area contributed by atoms with Crippen molar-refractivity contribution in [1.29, 1.82) is 0 Å². The number of carbonyl (C=O) groups excluding carboxylic acids is 2. The van der Waals surface area contributed by atoms with Gasteiger partial charge in [-0.05, 0) is 42.5 Å². The van der Waals surface area contributed by atoms with Crippen molar-refractivity contribution in [1.82, 2.24) is 0 Å². The van der Waals surface area contributed by atoms with Gasteiger partial charge in [-0.3, -0.25) is 9.59 Å². The summed E-state index contributed by atoms with van der Waals surface area (Å²) >= 11 is 0. The Labute approximate surface area is 165 Å². The third kappa shape index (κ3) is 7.40.